The maximum Gasteiger partial charge on any atom is 0.252 e. The Morgan fingerprint density at radius 1 is 1.00 bits per heavy atom. The number of nitrogens with one attached hydrogen (secondary N) is 1. The number of hydrogen-bond acceptors (Lipinski definition) is 4. The van der Waals surface area contributed by atoms with Gasteiger partial charge in [-0.15, -0.1) is 0 Å². The van der Waals surface area contributed by atoms with Gasteiger partial charge in [-0.3, -0.25) is 9.78 Å². The topological polar surface area (TPSA) is 64.1 Å². The number of carbonyl (C=O) groups is 1. The van der Waals surface area contributed by atoms with Gasteiger partial charge in [0.2, 0.25) is 0 Å². The minimum Gasteiger partial charge on any atom is -0.492 e. The SMILES string of the molecule is Cc1cccc(OCCNC(=O)c2cc(-c3ccncc3)nc3ccccc23)c1. The minimum atomic E-state index is -0.147. The molecule has 0 spiro atoms. The molecular formula is C24H21N3O2. The molecule has 0 fully saturated rings. The second kappa shape index (κ2) is 8.52. The highest BCUT2D eigenvalue weighted by molar-refractivity contribution is 6.07. The van der Waals surface area contributed by atoms with Crippen LogP contribution in [0, 0.1) is 6.92 Å². The molecule has 144 valence electrons. The van der Waals surface area contributed by atoms with Crippen LogP contribution in [0.1, 0.15) is 15.9 Å². The highest BCUT2D eigenvalue weighted by Gasteiger charge is 2.13. The molecule has 0 aliphatic carbocycles. The number of pyridine rings is 2. The van der Waals surface area contributed by atoms with Crippen molar-refractivity contribution in [3.8, 4) is 17.0 Å². The molecule has 5 nitrogen and oxygen atoms in total. The van der Waals surface area contributed by atoms with Crippen molar-refractivity contribution in [2.24, 2.45) is 0 Å². The number of nitrogens with zero attached hydrogens (tertiary/aromatic N) is 2. The smallest absolute Gasteiger partial charge is 0.252 e. The second-order valence-corrected chi connectivity index (χ2v) is 6.73. The number of ether oxygens (including phenoxy) is 1. The number of hydrogen-bond donors (Lipinski definition) is 1. The number of aromatic nitrogens is 2. The van der Waals surface area contributed by atoms with Gasteiger partial charge in [-0.25, -0.2) is 4.98 Å². The Balaban J connectivity index is 1.52. The summed E-state index contributed by atoms with van der Waals surface area (Å²) in [6.07, 6.45) is 3.43. The van der Waals surface area contributed by atoms with Crippen LogP contribution in [0.25, 0.3) is 22.2 Å². The zero-order chi connectivity index (χ0) is 20.1. The summed E-state index contributed by atoms with van der Waals surface area (Å²) >= 11 is 0. The van der Waals surface area contributed by atoms with E-state index >= 15 is 0 Å². The second-order valence-electron chi connectivity index (χ2n) is 6.73. The monoisotopic (exact) mass is 383 g/mol. The summed E-state index contributed by atoms with van der Waals surface area (Å²) in [5, 5.41) is 3.77. The van der Waals surface area contributed by atoms with Crippen LogP contribution in [-0.4, -0.2) is 29.0 Å². The van der Waals surface area contributed by atoms with E-state index in [1.165, 1.54) is 0 Å². The van der Waals surface area contributed by atoms with Crippen molar-refractivity contribution in [3.63, 3.8) is 0 Å². The van der Waals surface area contributed by atoms with E-state index in [1.807, 2.05) is 73.7 Å². The maximum atomic E-state index is 12.9. The molecule has 2 aromatic carbocycles. The first-order valence-electron chi connectivity index (χ1n) is 9.48. The molecule has 1 N–H and O–H groups in total. The van der Waals surface area contributed by atoms with Crippen LogP contribution in [0.5, 0.6) is 5.75 Å². The first-order chi connectivity index (χ1) is 14.2. The van der Waals surface area contributed by atoms with Gasteiger partial charge in [0.05, 0.1) is 23.3 Å². The van der Waals surface area contributed by atoms with Gasteiger partial charge in [-0.1, -0.05) is 30.3 Å². The number of amides is 1. The molecule has 2 aromatic heterocycles. The first-order valence-corrected chi connectivity index (χ1v) is 9.48. The van der Waals surface area contributed by atoms with Crippen LogP contribution >= 0.6 is 0 Å². The van der Waals surface area contributed by atoms with E-state index in [-0.39, 0.29) is 5.91 Å². The molecule has 4 aromatic rings. The van der Waals surface area contributed by atoms with Gasteiger partial charge >= 0.3 is 0 Å². The minimum absolute atomic E-state index is 0.147. The van der Waals surface area contributed by atoms with Crippen molar-refractivity contribution in [1.82, 2.24) is 15.3 Å². The fourth-order valence-electron chi connectivity index (χ4n) is 3.17. The van der Waals surface area contributed by atoms with Gasteiger partial charge in [0.15, 0.2) is 0 Å². The van der Waals surface area contributed by atoms with Crippen LogP contribution in [0.3, 0.4) is 0 Å². The summed E-state index contributed by atoms with van der Waals surface area (Å²) in [4.78, 5) is 21.7. The highest BCUT2D eigenvalue weighted by atomic mass is 16.5. The third-order valence-corrected chi connectivity index (χ3v) is 4.58. The third-order valence-electron chi connectivity index (χ3n) is 4.58. The molecule has 29 heavy (non-hydrogen) atoms. The van der Waals surface area contributed by atoms with Crippen molar-refractivity contribution in [2.75, 3.05) is 13.2 Å². The molecule has 4 rings (SSSR count). The van der Waals surface area contributed by atoms with Gasteiger partial charge < -0.3 is 10.1 Å². The summed E-state index contributed by atoms with van der Waals surface area (Å²) in [7, 11) is 0. The average molecular weight is 383 g/mol. The Labute approximate surface area is 169 Å². The first kappa shape index (κ1) is 18.6. The third kappa shape index (κ3) is 4.41. The predicted octanol–water partition coefficient (Wildman–Crippen LogP) is 4.41. The lowest BCUT2D eigenvalue weighted by molar-refractivity contribution is 0.0948. The van der Waals surface area contributed by atoms with Crippen LogP contribution in [-0.2, 0) is 0 Å². The zero-order valence-corrected chi connectivity index (χ0v) is 16.1. The van der Waals surface area contributed by atoms with Crippen molar-refractivity contribution in [3.05, 3.63) is 90.3 Å². The average Bonchev–Trinajstić information content (AvgIpc) is 2.76. The van der Waals surface area contributed by atoms with Gasteiger partial charge in [0.25, 0.3) is 5.91 Å². The van der Waals surface area contributed by atoms with Crippen molar-refractivity contribution in [2.45, 2.75) is 6.92 Å². The lowest BCUT2D eigenvalue weighted by Gasteiger charge is -2.11. The standard InChI is InChI=1S/C24H21N3O2/c1-17-5-4-6-19(15-17)29-14-13-26-24(28)21-16-23(18-9-11-25-12-10-18)27-22-8-3-2-7-20(21)22/h2-12,15-16H,13-14H2,1H3,(H,26,28). The normalized spacial score (nSPS) is 10.7. The van der Waals surface area contributed by atoms with Crippen LogP contribution < -0.4 is 10.1 Å². The van der Waals surface area contributed by atoms with Crippen molar-refractivity contribution in [1.29, 1.82) is 0 Å². The number of fused-ring (bicyclic) bond motifs is 1. The molecule has 0 aliphatic rings. The Kier molecular flexibility index (Phi) is 5.47. The molecule has 2 heterocycles. The number of rotatable bonds is 6. The Hall–Kier alpha value is -3.73. The van der Waals surface area contributed by atoms with E-state index in [0.717, 1.165) is 33.5 Å². The lowest BCUT2D eigenvalue weighted by atomic mass is 10.0. The van der Waals surface area contributed by atoms with E-state index < -0.39 is 0 Å². The number of benzene rings is 2. The van der Waals surface area contributed by atoms with Gasteiger partial charge in [0, 0.05) is 23.3 Å². The number of aryl methyl sites for hydroxylation is 1. The largest absolute Gasteiger partial charge is 0.492 e. The number of carbonyl (C=O) groups excluding carboxylic acids is 1. The molecule has 0 saturated carbocycles. The molecule has 0 bridgehead atoms. The molecule has 5 heteroatoms. The van der Waals surface area contributed by atoms with Crippen molar-refractivity contribution < 1.29 is 9.53 Å². The summed E-state index contributed by atoms with van der Waals surface area (Å²) in [6, 6.07) is 21.1. The van der Waals surface area contributed by atoms with Gasteiger partial charge in [0.1, 0.15) is 12.4 Å². The van der Waals surface area contributed by atoms with E-state index in [0.29, 0.717) is 18.7 Å². The number of para-hydroxylation sites is 1. The van der Waals surface area contributed by atoms with Gasteiger partial charge in [-0.2, -0.15) is 0 Å². The van der Waals surface area contributed by atoms with E-state index in [4.69, 9.17) is 9.72 Å². The van der Waals surface area contributed by atoms with Crippen LogP contribution in [0.2, 0.25) is 0 Å². The maximum absolute atomic E-state index is 12.9. The summed E-state index contributed by atoms with van der Waals surface area (Å²) in [5.41, 5.74) is 4.18. The van der Waals surface area contributed by atoms with Gasteiger partial charge in [-0.05, 0) is 48.9 Å². The van der Waals surface area contributed by atoms with E-state index in [9.17, 15) is 4.79 Å². The zero-order valence-electron chi connectivity index (χ0n) is 16.1. The fourth-order valence-corrected chi connectivity index (χ4v) is 3.17. The van der Waals surface area contributed by atoms with E-state index in [1.54, 1.807) is 12.4 Å². The molecule has 0 atom stereocenters. The molecule has 0 saturated heterocycles. The molecule has 0 unspecified atom stereocenters. The molecule has 0 aliphatic heterocycles. The highest BCUT2D eigenvalue weighted by Crippen LogP contribution is 2.24. The Morgan fingerprint density at radius 3 is 2.66 bits per heavy atom. The Bertz CT molecular complexity index is 1140. The summed E-state index contributed by atoms with van der Waals surface area (Å²) in [6.45, 7) is 2.83. The molecule has 1 amide bonds. The summed E-state index contributed by atoms with van der Waals surface area (Å²) < 4.78 is 5.72. The van der Waals surface area contributed by atoms with E-state index in [2.05, 4.69) is 10.3 Å². The molecular weight excluding hydrogens is 362 g/mol. The summed E-state index contributed by atoms with van der Waals surface area (Å²) in [5.74, 6) is 0.653. The van der Waals surface area contributed by atoms with Crippen molar-refractivity contribution >= 4 is 16.8 Å². The Morgan fingerprint density at radius 2 is 1.83 bits per heavy atom. The quantitative estimate of drug-likeness (QED) is 0.501. The fraction of sp³-hybridized carbons (Fsp3) is 0.125. The van der Waals surface area contributed by atoms with Crippen LogP contribution in [0.15, 0.2) is 79.1 Å². The molecule has 0 radical (unpaired) electrons. The van der Waals surface area contributed by atoms with Crippen LogP contribution in [0.4, 0.5) is 0 Å². The predicted molar refractivity (Wildman–Crippen MR) is 114 cm³/mol. The lowest BCUT2D eigenvalue weighted by Crippen LogP contribution is -2.28.